The number of piperazine rings is 1. The first kappa shape index (κ1) is 18.1. The third-order valence-corrected chi connectivity index (χ3v) is 5.10. The molecule has 7 nitrogen and oxygen atoms in total. The Kier molecular flexibility index (Phi) is 5.58. The first-order valence-electron chi connectivity index (χ1n) is 8.67. The number of aryl methyl sites for hydroxylation is 1. The second-order valence-corrected chi connectivity index (χ2v) is 7.48. The van der Waals surface area contributed by atoms with Gasteiger partial charge in [0.15, 0.2) is 11.0 Å². The van der Waals surface area contributed by atoms with Gasteiger partial charge in [-0.05, 0) is 20.1 Å². The summed E-state index contributed by atoms with van der Waals surface area (Å²) in [4.78, 5) is 18.4. The molecule has 0 bridgehead atoms. The average Bonchev–Trinajstić information content (AvgIpc) is 3.07. The minimum Gasteiger partial charge on any atom is -0.354 e. The summed E-state index contributed by atoms with van der Waals surface area (Å²) >= 11 is 1.59. The van der Waals surface area contributed by atoms with Gasteiger partial charge in [-0.25, -0.2) is 9.97 Å². The molecule has 3 rings (SSSR count). The van der Waals surface area contributed by atoms with Crippen LogP contribution in [0.5, 0.6) is 0 Å². The molecule has 1 fully saturated rings. The molecular formula is C17H26N6OS. The van der Waals surface area contributed by atoms with E-state index in [1.165, 1.54) is 5.56 Å². The third-order valence-electron chi connectivity index (χ3n) is 4.56. The van der Waals surface area contributed by atoms with E-state index in [0.29, 0.717) is 18.4 Å². The van der Waals surface area contributed by atoms with Crippen LogP contribution in [0.15, 0.2) is 9.68 Å². The Morgan fingerprint density at radius 3 is 2.40 bits per heavy atom. The Bertz CT molecular complexity index is 724. The second kappa shape index (κ2) is 7.70. The minimum absolute atomic E-state index is 0.295. The van der Waals surface area contributed by atoms with Gasteiger partial charge < -0.3 is 9.42 Å². The van der Waals surface area contributed by atoms with Crippen molar-refractivity contribution in [1.82, 2.24) is 25.0 Å². The SMILES string of the molecule is CSc1nc(C)c(C)c(N2CCN(Cc3nc(C(C)C)no3)CC2)n1. The summed E-state index contributed by atoms with van der Waals surface area (Å²) in [5.74, 6) is 2.85. The van der Waals surface area contributed by atoms with Crippen LogP contribution in [-0.2, 0) is 6.54 Å². The summed E-state index contributed by atoms with van der Waals surface area (Å²) in [7, 11) is 0. The normalized spacial score (nSPS) is 16.0. The van der Waals surface area contributed by atoms with Gasteiger partial charge in [-0.2, -0.15) is 4.98 Å². The van der Waals surface area contributed by atoms with Gasteiger partial charge in [-0.1, -0.05) is 30.8 Å². The molecule has 1 aliphatic heterocycles. The summed E-state index contributed by atoms with van der Waals surface area (Å²) in [6.07, 6.45) is 2.02. The molecule has 2 aromatic rings. The van der Waals surface area contributed by atoms with Crippen LogP contribution in [0.1, 0.15) is 42.7 Å². The summed E-state index contributed by atoms with van der Waals surface area (Å²) in [5.41, 5.74) is 2.23. The van der Waals surface area contributed by atoms with E-state index < -0.39 is 0 Å². The van der Waals surface area contributed by atoms with E-state index in [4.69, 9.17) is 9.51 Å². The standard InChI is InChI=1S/C17H26N6OS/c1-11(2)15-19-14(24-21-15)10-22-6-8-23(9-7-22)16-12(3)13(4)18-17(20-16)25-5/h11H,6-10H2,1-5H3. The highest BCUT2D eigenvalue weighted by atomic mass is 32.2. The Balaban J connectivity index is 1.63. The van der Waals surface area contributed by atoms with Crippen molar-refractivity contribution in [2.24, 2.45) is 0 Å². The number of nitrogens with zero attached hydrogens (tertiary/aromatic N) is 6. The molecule has 0 saturated carbocycles. The zero-order chi connectivity index (χ0) is 18.0. The van der Waals surface area contributed by atoms with Gasteiger partial charge in [0.05, 0.1) is 6.54 Å². The fraction of sp³-hybridized carbons (Fsp3) is 0.647. The molecule has 0 N–H and O–H groups in total. The molecule has 0 unspecified atom stereocenters. The highest BCUT2D eigenvalue weighted by Crippen LogP contribution is 2.24. The lowest BCUT2D eigenvalue weighted by Crippen LogP contribution is -2.46. The molecule has 0 aliphatic carbocycles. The monoisotopic (exact) mass is 362 g/mol. The van der Waals surface area contributed by atoms with Gasteiger partial charge in [-0.3, -0.25) is 4.90 Å². The third kappa shape index (κ3) is 4.12. The van der Waals surface area contributed by atoms with E-state index >= 15 is 0 Å². The summed E-state index contributed by atoms with van der Waals surface area (Å²) in [6, 6.07) is 0. The lowest BCUT2D eigenvalue weighted by Gasteiger charge is -2.35. The minimum atomic E-state index is 0.295. The smallest absolute Gasteiger partial charge is 0.240 e. The summed E-state index contributed by atoms with van der Waals surface area (Å²) in [5, 5.41) is 4.88. The molecule has 25 heavy (non-hydrogen) atoms. The van der Waals surface area contributed by atoms with E-state index in [9.17, 15) is 0 Å². The topological polar surface area (TPSA) is 71.2 Å². The average molecular weight is 363 g/mol. The highest BCUT2D eigenvalue weighted by Gasteiger charge is 2.22. The maximum absolute atomic E-state index is 5.37. The van der Waals surface area contributed by atoms with Crippen LogP contribution in [0.4, 0.5) is 5.82 Å². The number of anilines is 1. The maximum atomic E-state index is 5.37. The van der Waals surface area contributed by atoms with Crippen molar-refractivity contribution in [3.05, 3.63) is 23.0 Å². The number of rotatable bonds is 5. The predicted molar refractivity (Wildman–Crippen MR) is 99.2 cm³/mol. The molecule has 136 valence electrons. The van der Waals surface area contributed by atoms with Crippen molar-refractivity contribution in [2.75, 3.05) is 37.3 Å². The number of thioether (sulfide) groups is 1. The van der Waals surface area contributed by atoms with Crippen molar-refractivity contribution in [3.8, 4) is 0 Å². The zero-order valence-corrected chi connectivity index (χ0v) is 16.4. The largest absolute Gasteiger partial charge is 0.354 e. The molecule has 8 heteroatoms. The maximum Gasteiger partial charge on any atom is 0.240 e. The Morgan fingerprint density at radius 2 is 1.80 bits per heavy atom. The molecule has 0 atom stereocenters. The van der Waals surface area contributed by atoms with Gasteiger partial charge >= 0.3 is 0 Å². The number of aromatic nitrogens is 4. The van der Waals surface area contributed by atoms with Crippen LogP contribution in [0, 0.1) is 13.8 Å². The molecule has 1 aliphatic rings. The Hall–Kier alpha value is -1.67. The predicted octanol–water partition coefficient (Wildman–Crippen LogP) is 2.64. The van der Waals surface area contributed by atoms with Crippen LogP contribution in [0.3, 0.4) is 0 Å². The molecule has 2 aromatic heterocycles. The van der Waals surface area contributed by atoms with Gasteiger partial charge in [0.1, 0.15) is 5.82 Å². The van der Waals surface area contributed by atoms with E-state index in [1.807, 2.05) is 6.26 Å². The highest BCUT2D eigenvalue weighted by molar-refractivity contribution is 7.98. The fourth-order valence-corrected chi connectivity index (χ4v) is 3.27. The van der Waals surface area contributed by atoms with Crippen molar-refractivity contribution in [1.29, 1.82) is 0 Å². The molecule has 0 aromatic carbocycles. The fourth-order valence-electron chi connectivity index (χ4n) is 2.86. The van der Waals surface area contributed by atoms with E-state index in [-0.39, 0.29) is 0 Å². The van der Waals surface area contributed by atoms with Crippen LogP contribution < -0.4 is 4.90 Å². The molecule has 3 heterocycles. The van der Waals surface area contributed by atoms with Crippen LogP contribution in [0.2, 0.25) is 0 Å². The van der Waals surface area contributed by atoms with E-state index in [2.05, 4.69) is 52.6 Å². The lowest BCUT2D eigenvalue weighted by atomic mass is 10.2. The first-order valence-corrected chi connectivity index (χ1v) is 9.89. The van der Waals surface area contributed by atoms with Gasteiger partial charge in [0.2, 0.25) is 5.89 Å². The van der Waals surface area contributed by atoms with Crippen LogP contribution >= 0.6 is 11.8 Å². The van der Waals surface area contributed by atoms with E-state index in [1.54, 1.807) is 11.8 Å². The van der Waals surface area contributed by atoms with Crippen LogP contribution in [-0.4, -0.2) is 57.4 Å². The van der Waals surface area contributed by atoms with Gasteiger partial charge in [0.25, 0.3) is 0 Å². The molecule has 0 spiro atoms. The molecule has 0 radical (unpaired) electrons. The van der Waals surface area contributed by atoms with Crippen LogP contribution in [0.25, 0.3) is 0 Å². The second-order valence-electron chi connectivity index (χ2n) is 6.71. The lowest BCUT2D eigenvalue weighted by molar-refractivity contribution is 0.214. The Morgan fingerprint density at radius 1 is 1.08 bits per heavy atom. The van der Waals surface area contributed by atoms with Gasteiger partial charge in [0, 0.05) is 43.4 Å². The molecule has 1 saturated heterocycles. The first-order chi connectivity index (χ1) is 12.0. The quantitative estimate of drug-likeness (QED) is 0.594. The van der Waals surface area contributed by atoms with Gasteiger partial charge in [-0.15, -0.1) is 0 Å². The van der Waals surface area contributed by atoms with Crippen molar-refractivity contribution < 1.29 is 4.52 Å². The van der Waals surface area contributed by atoms with Crippen molar-refractivity contribution in [2.45, 2.75) is 45.3 Å². The molecule has 0 amide bonds. The Labute approximate surface area is 153 Å². The van der Waals surface area contributed by atoms with Crippen molar-refractivity contribution in [3.63, 3.8) is 0 Å². The molecular weight excluding hydrogens is 336 g/mol. The summed E-state index contributed by atoms with van der Waals surface area (Å²) in [6.45, 7) is 12.8. The zero-order valence-electron chi connectivity index (χ0n) is 15.6. The number of hydrogen-bond donors (Lipinski definition) is 0. The number of hydrogen-bond acceptors (Lipinski definition) is 8. The van der Waals surface area contributed by atoms with Crippen molar-refractivity contribution >= 4 is 17.6 Å². The van der Waals surface area contributed by atoms with E-state index in [0.717, 1.165) is 48.7 Å². The summed E-state index contributed by atoms with van der Waals surface area (Å²) < 4.78 is 5.37.